The van der Waals surface area contributed by atoms with Crippen LogP contribution in [-0.4, -0.2) is 37.2 Å². The first-order valence-electron chi connectivity index (χ1n) is 32.8. The standard InChI is InChI=1S/C74H120O6/c1-4-7-10-13-16-19-22-25-27-29-30-31-32-33-34-35-36-37-38-39-40-41-42-43-44-45-47-49-52-55-58-61-64-67-73(76)79-70-71(69-78-72(75)66-63-60-57-54-51-48-24-21-18-15-12-9-6-3)80-74(77)68-65-62-59-56-53-50-46-28-26-23-20-17-14-11-8-5-2/h7,9-10,12,16,18-19,21,25,27,30-31,33-34,36-37,39-40,42-43,45,47-48,51,71H,4-6,8,11,13-15,17,20,22-24,26,28-29,32,35,38,41,44,46,49-50,52-70H2,1-3H3/b10-7-,12-9-,19-16-,21-18-,27-25-,31-30-,34-33-,37-36-,40-39-,43-42-,47-45-,51-48-. The van der Waals surface area contributed by atoms with Gasteiger partial charge in [0.05, 0.1) is 0 Å². The van der Waals surface area contributed by atoms with Crippen molar-refractivity contribution >= 4 is 17.9 Å². The summed E-state index contributed by atoms with van der Waals surface area (Å²) >= 11 is 0. The van der Waals surface area contributed by atoms with Crippen LogP contribution in [0.4, 0.5) is 0 Å². The Bertz CT molecular complexity index is 1750. The second kappa shape index (κ2) is 66.8. The zero-order chi connectivity index (χ0) is 57.8. The lowest BCUT2D eigenvalue weighted by molar-refractivity contribution is -0.167. The van der Waals surface area contributed by atoms with Gasteiger partial charge in [0.2, 0.25) is 0 Å². The number of hydrogen-bond acceptors (Lipinski definition) is 6. The van der Waals surface area contributed by atoms with Crippen LogP contribution >= 0.6 is 0 Å². The second-order valence-electron chi connectivity index (χ2n) is 21.3. The van der Waals surface area contributed by atoms with Crippen molar-refractivity contribution in [3.63, 3.8) is 0 Å². The van der Waals surface area contributed by atoms with Gasteiger partial charge in [0, 0.05) is 19.3 Å². The van der Waals surface area contributed by atoms with Crippen molar-refractivity contribution < 1.29 is 28.6 Å². The minimum atomic E-state index is -0.802. The first kappa shape index (κ1) is 75.3. The summed E-state index contributed by atoms with van der Waals surface area (Å²) in [6, 6.07) is 0. The maximum Gasteiger partial charge on any atom is 0.306 e. The topological polar surface area (TPSA) is 78.9 Å². The molecule has 80 heavy (non-hydrogen) atoms. The van der Waals surface area contributed by atoms with Crippen molar-refractivity contribution in [3.8, 4) is 0 Å². The van der Waals surface area contributed by atoms with Crippen LogP contribution in [0, 0.1) is 0 Å². The summed E-state index contributed by atoms with van der Waals surface area (Å²) < 4.78 is 16.9. The Labute approximate surface area is 493 Å². The quantitative estimate of drug-likeness (QED) is 0.0261. The lowest BCUT2D eigenvalue weighted by Crippen LogP contribution is -2.30. The number of ether oxygens (including phenoxy) is 3. The summed E-state index contributed by atoms with van der Waals surface area (Å²) in [5.41, 5.74) is 0. The lowest BCUT2D eigenvalue weighted by atomic mass is 10.0. The van der Waals surface area contributed by atoms with Crippen molar-refractivity contribution in [2.75, 3.05) is 13.2 Å². The maximum atomic E-state index is 12.9. The molecule has 0 aliphatic carbocycles. The molecule has 6 nitrogen and oxygen atoms in total. The van der Waals surface area contributed by atoms with Gasteiger partial charge in [-0.25, -0.2) is 0 Å². The fourth-order valence-corrected chi connectivity index (χ4v) is 8.74. The van der Waals surface area contributed by atoms with Crippen LogP contribution < -0.4 is 0 Å². The molecule has 0 spiro atoms. The molecule has 0 aliphatic rings. The van der Waals surface area contributed by atoms with Gasteiger partial charge in [0.15, 0.2) is 6.10 Å². The van der Waals surface area contributed by atoms with Gasteiger partial charge in [-0.05, 0) is 122 Å². The first-order chi connectivity index (χ1) is 39.5. The Balaban J connectivity index is 4.34. The van der Waals surface area contributed by atoms with E-state index in [2.05, 4.69) is 167 Å². The van der Waals surface area contributed by atoms with E-state index in [1.165, 1.54) is 83.5 Å². The molecule has 0 radical (unpaired) electrons. The van der Waals surface area contributed by atoms with Gasteiger partial charge >= 0.3 is 17.9 Å². The van der Waals surface area contributed by atoms with Crippen LogP contribution in [0.5, 0.6) is 0 Å². The predicted octanol–water partition coefficient (Wildman–Crippen LogP) is 22.7. The average molecular weight is 1110 g/mol. The summed E-state index contributed by atoms with van der Waals surface area (Å²) in [6.07, 6.45) is 95.8. The number of unbranched alkanes of at least 4 members (excludes halogenated alkanes) is 23. The molecule has 0 aliphatic heterocycles. The van der Waals surface area contributed by atoms with Crippen molar-refractivity contribution in [2.45, 2.75) is 290 Å². The monoisotopic (exact) mass is 1100 g/mol. The Morgan fingerprint density at radius 2 is 0.487 bits per heavy atom. The number of rotatable bonds is 58. The highest BCUT2D eigenvalue weighted by molar-refractivity contribution is 5.71. The molecule has 0 fully saturated rings. The van der Waals surface area contributed by atoms with E-state index in [-0.39, 0.29) is 31.1 Å². The van der Waals surface area contributed by atoms with Gasteiger partial charge in [-0.3, -0.25) is 14.4 Å². The highest BCUT2D eigenvalue weighted by atomic mass is 16.6. The summed E-state index contributed by atoms with van der Waals surface area (Å²) in [6.45, 7) is 6.38. The number of hydrogen-bond donors (Lipinski definition) is 0. The third-order valence-corrected chi connectivity index (χ3v) is 13.6. The Morgan fingerprint density at radius 1 is 0.263 bits per heavy atom. The normalized spacial score (nSPS) is 13.1. The van der Waals surface area contributed by atoms with E-state index in [0.29, 0.717) is 19.3 Å². The van der Waals surface area contributed by atoms with E-state index in [9.17, 15) is 14.4 Å². The van der Waals surface area contributed by atoms with Crippen LogP contribution in [0.3, 0.4) is 0 Å². The fourth-order valence-electron chi connectivity index (χ4n) is 8.74. The molecule has 0 rings (SSSR count). The zero-order valence-corrected chi connectivity index (χ0v) is 51.8. The Morgan fingerprint density at radius 3 is 0.775 bits per heavy atom. The lowest BCUT2D eigenvalue weighted by Gasteiger charge is -2.18. The molecule has 1 atom stereocenters. The SMILES string of the molecule is CC/C=C\C/C=C\C/C=C\C/C=C\C/C=C\C/C=C\C/C=C\C/C=C\C/C=C\CCCCCCCC(=O)OCC(COC(=O)CCCCC/C=C\C/C=C\C/C=C\CC)OC(=O)CCCCCCCCCCCCCCCCCC. The molecule has 0 saturated heterocycles. The number of esters is 3. The second-order valence-corrected chi connectivity index (χ2v) is 21.3. The average Bonchev–Trinajstić information content (AvgIpc) is 3.46. The van der Waals surface area contributed by atoms with E-state index in [4.69, 9.17) is 14.2 Å². The summed E-state index contributed by atoms with van der Waals surface area (Å²) in [5, 5.41) is 0. The Hall–Kier alpha value is -4.71. The molecule has 0 heterocycles. The van der Waals surface area contributed by atoms with Crippen molar-refractivity contribution in [3.05, 3.63) is 146 Å². The smallest absolute Gasteiger partial charge is 0.306 e. The number of carbonyl (C=O) groups is 3. The first-order valence-corrected chi connectivity index (χ1v) is 32.8. The van der Waals surface area contributed by atoms with E-state index in [1.807, 2.05) is 0 Å². The molecule has 0 aromatic carbocycles. The molecule has 0 aromatic rings. The summed E-state index contributed by atoms with van der Waals surface area (Å²) in [4.78, 5) is 38.3. The Kier molecular flexibility index (Phi) is 62.9. The van der Waals surface area contributed by atoms with Crippen LogP contribution in [-0.2, 0) is 28.6 Å². The van der Waals surface area contributed by atoms with Gasteiger partial charge < -0.3 is 14.2 Å². The van der Waals surface area contributed by atoms with Crippen molar-refractivity contribution in [1.82, 2.24) is 0 Å². The largest absolute Gasteiger partial charge is 0.462 e. The predicted molar refractivity (Wildman–Crippen MR) is 348 cm³/mol. The fraction of sp³-hybridized carbons (Fsp3) is 0.635. The molecule has 6 heteroatoms. The molecule has 0 aromatic heterocycles. The van der Waals surface area contributed by atoms with E-state index >= 15 is 0 Å². The van der Waals surface area contributed by atoms with Crippen LogP contribution in [0.2, 0.25) is 0 Å². The van der Waals surface area contributed by atoms with Gasteiger partial charge in [0.25, 0.3) is 0 Å². The van der Waals surface area contributed by atoms with E-state index in [1.54, 1.807) is 0 Å². The van der Waals surface area contributed by atoms with Gasteiger partial charge in [-0.15, -0.1) is 0 Å². The highest BCUT2D eigenvalue weighted by Crippen LogP contribution is 2.16. The number of carbonyl (C=O) groups excluding carboxylic acids is 3. The molecular formula is C74H120O6. The van der Waals surface area contributed by atoms with Gasteiger partial charge in [-0.2, -0.15) is 0 Å². The molecule has 0 N–H and O–H groups in total. The molecule has 0 saturated carbocycles. The van der Waals surface area contributed by atoms with Crippen LogP contribution in [0.1, 0.15) is 284 Å². The van der Waals surface area contributed by atoms with Crippen LogP contribution in [0.15, 0.2) is 146 Å². The molecule has 0 amide bonds. The van der Waals surface area contributed by atoms with Gasteiger partial charge in [0.1, 0.15) is 13.2 Å². The summed E-state index contributed by atoms with van der Waals surface area (Å²) in [5.74, 6) is -0.944. The molecule has 452 valence electrons. The van der Waals surface area contributed by atoms with Crippen molar-refractivity contribution in [1.29, 1.82) is 0 Å². The summed E-state index contributed by atoms with van der Waals surface area (Å²) in [7, 11) is 0. The van der Waals surface area contributed by atoms with Crippen LogP contribution in [0.25, 0.3) is 0 Å². The van der Waals surface area contributed by atoms with E-state index in [0.717, 1.165) is 161 Å². The van der Waals surface area contributed by atoms with E-state index < -0.39 is 6.10 Å². The maximum absolute atomic E-state index is 12.9. The molecule has 1 unspecified atom stereocenters. The zero-order valence-electron chi connectivity index (χ0n) is 51.8. The number of allylic oxidation sites excluding steroid dienone is 24. The third-order valence-electron chi connectivity index (χ3n) is 13.6. The van der Waals surface area contributed by atoms with Gasteiger partial charge in [-0.1, -0.05) is 289 Å². The minimum Gasteiger partial charge on any atom is -0.462 e. The highest BCUT2D eigenvalue weighted by Gasteiger charge is 2.19. The minimum absolute atomic E-state index is 0.100. The molecule has 0 bridgehead atoms. The molecular weight excluding hydrogens is 985 g/mol. The van der Waals surface area contributed by atoms with Crippen molar-refractivity contribution in [2.24, 2.45) is 0 Å². The third kappa shape index (κ3) is 64.1.